The smallest absolute Gasteiger partial charge is 0.251 e. The molecule has 0 spiro atoms. The second-order valence-corrected chi connectivity index (χ2v) is 5.61. The van der Waals surface area contributed by atoms with Gasteiger partial charge in [-0.1, -0.05) is 0 Å². The summed E-state index contributed by atoms with van der Waals surface area (Å²) in [5.41, 5.74) is 0.566. The van der Waals surface area contributed by atoms with Gasteiger partial charge in [0.2, 0.25) is 0 Å². The molecule has 2 rings (SSSR count). The van der Waals surface area contributed by atoms with E-state index in [4.69, 9.17) is 9.47 Å². The number of ether oxygens (including phenoxy) is 2. The molecule has 0 unspecified atom stereocenters. The Hall–Kier alpha value is -1.46. The number of unbranched alkanes of at least 4 members (excludes halogenated alkanes) is 1. The first-order valence-corrected chi connectivity index (χ1v) is 7.96. The van der Waals surface area contributed by atoms with Crippen molar-refractivity contribution in [3.63, 3.8) is 0 Å². The summed E-state index contributed by atoms with van der Waals surface area (Å²) >= 11 is 0. The Balaban J connectivity index is 0.00000264. The molecule has 1 heterocycles. The van der Waals surface area contributed by atoms with Gasteiger partial charge in [0.1, 0.15) is 11.5 Å². The lowest BCUT2D eigenvalue weighted by Crippen LogP contribution is -2.26. The van der Waals surface area contributed by atoms with Crippen molar-refractivity contribution in [1.82, 2.24) is 10.2 Å². The lowest BCUT2D eigenvalue weighted by molar-refractivity contribution is 0.0952. The average molecular weight is 343 g/mol. The fraction of sp³-hybridized carbons (Fsp3) is 0.588. The number of hydrogen-bond donors (Lipinski definition) is 1. The van der Waals surface area contributed by atoms with Crippen LogP contribution in [0.25, 0.3) is 0 Å². The van der Waals surface area contributed by atoms with E-state index in [-0.39, 0.29) is 18.3 Å². The summed E-state index contributed by atoms with van der Waals surface area (Å²) < 4.78 is 10.4. The van der Waals surface area contributed by atoms with Crippen LogP contribution in [0.15, 0.2) is 18.2 Å². The maximum Gasteiger partial charge on any atom is 0.251 e. The number of benzene rings is 1. The van der Waals surface area contributed by atoms with Crippen molar-refractivity contribution in [2.75, 3.05) is 40.4 Å². The van der Waals surface area contributed by atoms with E-state index in [1.54, 1.807) is 32.4 Å². The number of halogens is 1. The molecule has 0 aromatic heterocycles. The number of carbonyl (C=O) groups excluding carboxylic acids is 1. The van der Waals surface area contributed by atoms with E-state index in [2.05, 4.69) is 10.2 Å². The van der Waals surface area contributed by atoms with Crippen molar-refractivity contribution in [1.29, 1.82) is 0 Å². The molecule has 1 amide bonds. The van der Waals surface area contributed by atoms with Crippen LogP contribution in [0.1, 0.15) is 36.0 Å². The van der Waals surface area contributed by atoms with E-state index in [9.17, 15) is 4.79 Å². The van der Waals surface area contributed by atoms with Crippen LogP contribution in [0.4, 0.5) is 0 Å². The van der Waals surface area contributed by atoms with E-state index >= 15 is 0 Å². The number of nitrogens with zero attached hydrogens (tertiary/aromatic N) is 1. The highest BCUT2D eigenvalue weighted by molar-refractivity contribution is 5.95. The Morgan fingerprint density at radius 1 is 1.09 bits per heavy atom. The lowest BCUT2D eigenvalue weighted by atomic mass is 10.2. The molecule has 23 heavy (non-hydrogen) atoms. The Labute approximate surface area is 144 Å². The molecule has 0 bridgehead atoms. The third kappa shape index (κ3) is 6.28. The van der Waals surface area contributed by atoms with Crippen molar-refractivity contribution in [3.05, 3.63) is 23.8 Å². The number of hydrogen-bond acceptors (Lipinski definition) is 4. The molecule has 1 aromatic carbocycles. The molecule has 1 aromatic rings. The summed E-state index contributed by atoms with van der Waals surface area (Å²) in [6.45, 7) is 4.31. The standard InChI is InChI=1S/C17H26N2O3.ClH/c1-21-15-11-14(12-16(13-15)22-2)17(20)18-7-3-4-8-19-9-5-6-10-19;/h11-13H,3-10H2,1-2H3,(H,18,20);1H. The number of carbonyl (C=O) groups is 1. The highest BCUT2D eigenvalue weighted by Crippen LogP contribution is 2.22. The van der Waals surface area contributed by atoms with E-state index in [1.165, 1.54) is 25.9 Å². The monoisotopic (exact) mass is 342 g/mol. The molecule has 130 valence electrons. The summed E-state index contributed by atoms with van der Waals surface area (Å²) in [7, 11) is 3.16. The summed E-state index contributed by atoms with van der Waals surface area (Å²) in [5, 5.41) is 2.96. The van der Waals surface area contributed by atoms with Crippen molar-refractivity contribution in [2.24, 2.45) is 0 Å². The van der Waals surface area contributed by atoms with Crippen LogP contribution in [-0.2, 0) is 0 Å². The second-order valence-electron chi connectivity index (χ2n) is 5.61. The fourth-order valence-corrected chi connectivity index (χ4v) is 2.71. The first kappa shape index (κ1) is 19.6. The summed E-state index contributed by atoms with van der Waals surface area (Å²) in [5.74, 6) is 1.16. The van der Waals surface area contributed by atoms with Crippen LogP contribution in [0.2, 0.25) is 0 Å². The van der Waals surface area contributed by atoms with Gasteiger partial charge >= 0.3 is 0 Å². The zero-order valence-electron chi connectivity index (χ0n) is 14.0. The Kier molecular flexibility index (Phi) is 8.81. The van der Waals surface area contributed by atoms with Gasteiger partial charge in [-0.2, -0.15) is 0 Å². The molecule has 0 radical (unpaired) electrons. The quantitative estimate of drug-likeness (QED) is 0.738. The lowest BCUT2D eigenvalue weighted by Gasteiger charge is -2.14. The number of rotatable bonds is 8. The van der Waals surface area contributed by atoms with Gasteiger partial charge in [-0.3, -0.25) is 4.79 Å². The maximum atomic E-state index is 12.2. The Morgan fingerprint density at radius 3 is 2.26 bits per heavy atom. The molecule has 0 atom stereocenters. The molecule has 1 aliphatic heterocycles. The van der Waals surface area contributed by atoms with Crippen LogP contribution in [0, 0.1) is 0 Å². The van der Waals surface area contributed by atoms with Crippen molar-refractivity contribution >= 4 is 18.3 Å². The molecule has 0 saturated carbocycles. The van der Waals surface area contributed by atoms with Gasteiger partial charge in [-0.15, -0.1) is 12.4 Å². The molecule has 5 nitrogen and oxygen atoms in total. The molecule has 1 saturated heterocycles. The van der Waals surface area contributed by atoms with Gasteiger partial charge < -0.3 is 19.7 Å². The van der Waals surface area contributed by atoms with Gasteiger partial charge in [-0.25, -0.2) is 0 Å². The highest BCUT2D eigenvalue weighted by atomic mass is 35.5. The molecular formula is C17H27ClN2O3. The number of likely N-dealkylation sites (tertiary alicyclic amines) is 1. The van der Waals surface area contributed by atoms with E-state index < -0.39 is 0 Å². The molecule has 1 aliphatic rings. The minimum absolute atomic E-state index is 0. The Bertz CT molecular complexity index is 468. The second kappa shape index (κ2) is 10.3. The summed E-state index contributed by atoms with van der Waals surface area (Å²) in [6, 6.07) is 5.21. The topological polar surface area (TPSA) is 50.8 Å². The highest BCUT2D eigenvalue weighted by Gasteiger charge is 2.11. The van der Waals surface area contributed by atoms with Gasteiger partial charge in [0.15, 0.2) is 0 Å². The molecule has 0 aliphatic carbocycles. The van der Waals surface area contributed by atoms with Crippen molar-refractivity contribution in [3.8, 4) is 11.5 Å². The van der Waals surface area contributed by atoms with Gasteiger partial charge in [0.25, 0.3) is 5.91 Å². The van der Waals surface area contributed by atoms with Gasteiger partial charge in [0, 0.05) is 18.2 Å². The Morgan fingerprint density at radius 2 is 1.70 bits per heavy atom. The van der Waals surface area contributed by atoms with Gasteiger partial charge in [0.05, 0.1) is 14.2 Å². The predicted molar refractivity (Wildman–Crippen MR) is 94.0 cm³/mol. The van der Waals surface area contributed by atoms with Crippen LogP contribution >= 0.6 is 12.4 Å². The number of methoxy groups -OCH3 is 2. The average Bonchev–Trinajstić information content (AvgIpc) is 3.07. The molecule has 1 fully saturated rings. The largest absolute Gasteiger partial charge is 0.497 e. The molecule has 6 heteroatoms. The zero-order valence-corrected chi connectivity index (χ0v) is 14.8. The third-order valence-corrected chi connectivity index (χ3v) is 4.00. The maximum absolute atomic E-state index is 12.2. The first-order chi connectivity index (χ1) is 10.7. The van der Waals surface area contributed by atoms with E-state index in [1.807, 2.05) is 0 Å². The zero-order chi connectivity index (χ0) is 15.8. The van der Waals surface area contributed by atoms with Crippen LogP contribution < -0.4 is 14.8 Å². The van der Waals surface area contributed by atoms with Crippen LogP contribution in [-0.4, -0.2) is 51.2 Å². The van der Waals surface area contributed by atoms with Crippen LogP contribution in [0.5, 0.6) is 11.5 Å². The minimum Gasteiger partial charge on any atom is -0.497 e. The van der Waals surface area contributed by atoms with Gasteiger partial charge in [-0.05, 0) is 57.5 Å². The normalized spacial score (nSPS) is 14.2. The van der Waals surface area contributed by atoms with Crippen LogP contribution in [0.3, 0.4) is 0 Å². The first-order valence-electron chi connectivity index (χ1n) is 7.96. The SMILES string of the molecule is COc1cc(OC)cc(C(=O)NCCCCN2CCCC2)c1.Cl. The molecular weight excluding hydrogens is 316 g/mol. The minimum atomic E-state index is -0.0848. The fourth-order valence-electron chi connectivity index (χ4n) is 2.71. The van der Waals surface area contributed by atoms with Crippen molar-refractivity contribution < 1.29 is 14.3 Å². The van der Waals surface area contributed by atoms with E-state index in [0.29, 0.717) is 23.6 Å². The predicted octanol–water partition coefficient (Wildman–Crippen LogP) is 2.73. The molecule has 1 N–H and O–H groups in total. The number of nitrogens with one attached hydrogen (secondary N) is 1. The van der Waals surface area contributed by atoms with E-state index in [0.717, 1.165) is 19.4 Å². The third-order valence-electron chi connectivity index (χ3n) is 4.00. The summed E-state index contributed by atoms with van der Waals surface area (Å²) in [4.78, 5) is 14.7. The number of amides is 1. The van der Waals surface area contributed by atoms with Crippen molar-refractivity contribution in [2.45, 2.75) is 25.7 Å². The summed E-state index contributed by atoms with van der Waals surface area (Å²) in [6.07, 6.45) is 4.79.